The topological polar surface area (TPSA) is 65.7 Å². The van der Waals surface area contributed by atoms with Crippen molar-refractivity contribution < 1.29 is 14.2 Å². The third kappa shape index (κ3) is 4.18. The summed E-state index contributed by atoms with van der Waals surface area (Å²) in [6.45, 7) is 4.99. The second-order valence-corrected chi connectivity index (χ2v) is 4.79. The smallest absolute Gasteiger partial charge is 0.124 e. The van der Waals surface area contributed by atoms with Crippen LogP contribution in [-0.2, 0) is 9.47 Å². The van der Waals surface area contributed by atoms with E-state index < -0.39 is 5.60 Å². The summed E-state index contributed by atoms with van der Waals surface area (Å²) in [5, 5.41) is 0. The zero-order chi connectivity index (χ0) is 14.3. The first-order valence-corrected chi connectivity index (χ1v) is 6.28. The van der Waals surface area contributed by atoms with E-state index in [2.05, 4.69) is 5.43 Å². The molecule has 1 rings (SSSR count). The van der Waals surface area contributed by atoms with E-state index in [0.29, 0.717) is 13.2 Å². The lowest BCUT2D eigenvalue weighted by atomic mass is 9.91. The van der Waals surface area contributed by atoms with Crippen molar-refractivity contribution in [3.8, 4) is 5.75 Å². The molecule has 3 N–H and O–H groups in total. The molecule has 0 aliphatic heterocycles. The van der Waals surface area contributed by atoms with Crippen molar-refractivity contribution in [3.63, 3.8) is 0 Å². The van der Waals surface area contributed by atoms with Crippen molar-refractivity contribution in [1.29, 1.82) is 0 Å². The number of nitrogens with one attached hydrogen (secondary N) is 1. The Morgan fingerprint density at radius 3 is 2.47 bits per heavy atom. The molecule has 0 heterocycles. The van der Waals surface area contributed by atoms with Gasteiger partial charge in [-0.1, -0.05) is 18.2 Å². The van der Waals surface area contributed by atoms with Crippen LogP contribution in [0, 0.1) is 0 Å². The van der Waals surface area contributed by atoms with Gasteiger partial charge < -0.3 is 14.2 Å². The lowest BCUT2D eigenvalue weighted by Crippen LogP contribution is -2.44. The third-order valence-electron chi connectivity index (χ3n) is 3.16. The molecule has 19 heavy (non-hydrogen) atoms. The number of ether oxygens (including phenoxy) is 3. The number of nitrogens with two attached hydrogens (primary N) is 1. The Morgan fingerprint density at radius 1 is 1.21 bits per heavy atom. The Balaban J connectivity index is 2.96. The molecular weight excluding hydrogens is 244 g/mol. The van der Waals surface area contributed by atoms with Gasteiger partial charge in [-0.15, -0.1) is 0 Å². The summed E-state index contributed by atoms with van der Waals surface area (Å²) in [6, 6.07) is 7.61. The normalized spacial score (nSPS) is 13.3. The van der Waals surface area contributed by atoms with Crippen molar-refractivity contribution in [2.45, 2.75) is 25.5 Å². The number of methoxy groups -OCH3 is 2. The molecule has 0 aliphatic carbocycles. The Kier molecular flexibility index (Phi) is 6.24. The van der Waals surface area contributed by atoms with E-state index in [1.807, 2.05) is 38.1 Å². The van der Waals surface area contributed by atoms with Crippen molar-refractivity contribution in [1.82, 2.24) is 5.43 Å². The molecule has 0 bridgehead atoms. The lowest BCUT2D eigenvalue weighted by Gasteiger charge is -2.33. The second-order valence-electron chi connectivity index (χ2n) is 4.79. The summed E-state index contributed by atoms with van der Waals surface area (Å²) in [5.74, 6) is 6.46. The maximum absolute atomic E-state index is 5.72. The first-order chi connectivity index (χ1) is 9.06. The fraction of sp³-hybridized carbons (Fsp3) is 0.571. The van der Waals surface area contributed by atoms with E-state index in [1.165, 1.54) is 0 Å². The van der Waals surface area contributed by atoms with Crippen LogP contribution in [0.5, 0.6) is 5.75 Å². The number of hydrazine groups is 1. The molecule has 5 nitrogen and oxygen atoms in total. The number of hydrogen-bond acceptors (Lipinski definition) is 5. The summed E-state index contributed by atoms with van der Waals surface area (Å²) < 4.78 is 16.2. The van der Waals surface area contributed by atoms with Crippen LogP contribution < -0.4 is 16.0 Å². The third-order valence-corrected chi connectivity index (χ3v) is 3.16. The maximum atomic E-state index is 5.72. The Labute approximate surface area is 115 Å². The van der Waals surface area contributed by atoms with Gasteiger partial charge in [0, 0.05) is 19.8 Å². The van der Waals surface area contributed by atoms with Crippen LogP contribution in [0.1, 0.15) is 25.5 Å². The highest BCUT2D eigenvalue weighted by molar-refractivity contribution is 5.37. The second kappa shape index (κ2) is 7.45. The van der Waals surface area contributed by atoms with Gasteiger partial charge >= 0.3 is 0 Å². The molecule has 0 saturated heterocycles. The van der Waals surface area contributed by atoms with Crippen LogP contribution in [0.25, 0.3) is 0 Å². The summed E-state index contributed by atoms with van der Waals surface area (Å²) in [7, 11) is 3.31. The average molecular weight is 268 g/mol. The molecule has 0 spiro atoms. The van der Waals surface area contributed by atoms with Crippen LogP contribution in [0.15, 0.2) is 24.3 Å². The zero-order valence-corrected chi connectivity index (χ0v) is 12.1. The quantitative estimate of drug-likeness (QED) is 0.426. The number of benzene rings is 1. The van der Waals surface area contributed by atoms with E-state index >= 15 is 0 Å². The largest absolute Gasteiger partial charge is 0.491 e. The van der Waals surface area contributed by atoms with E-state index in [1.54, 1.807) is 14.2 Å². The van der Waals surface area contributed by atoms with Gasteiger partial charge in [-0.3, -0.25) is 5.84 Å². The number of para-hydroxylation sites is 1. The predicted octanol–water partition coefficient (Wildman–Crippen LogP) is 1.64. The lowest BCUT2D eigenvalue weighted by molar-refractivity contribution is -0.0120. The van der Waals surface area contributed by atoms with Gasteiger partial charge in [0.25, 0.3) is 0 Å². The van der Waals surface area contributed by atoms with Gasteiger partial charge in [-0.05, 0) is 19.9 Å². The highest BCUT2D eigenvalue weighted by Crippen LogP contribution is 2.33. The molecule has 0 aliphatic rings. The molecule has 0 amide bonds. The average Bonchev–Trinajstić information content (AvgIpc) is 2.41. The molecule has 0 fully saturated rings. The standard InChI is InChI=1S/C14H24N2O3/c1-14(2,18-4)13(16-15)11-7-5-6-8-12(11)19-10-9-17-3/h5-8,13,16H,9-10,15H2,1-4H3. The first kappa shape index (κ1) is 15.9. The zero-order valence-electron chi connectivity index (χ0n) is 12.1. The van der Waals surface area contributed by atoms with Crippen LogP contribution >= 0.6 is 0 Å². The number of rotatable bonds is 8. The fourth-order valence-electron chi connectivity index (χ4n) is 1.87. The molecule has 1 atom stereocenters. The van der Waals surface area contributed by atoms with Gasteiger partial charge in [-0.2, -0.15) is 0 Å². The molecule has 5 heteroatoms. The van der Waals surface area contributed by atoms with Crippen molar-refractivity contribution in [2.24, 2.45) is 5.84 Å². The molecular formula is C14H24N2O3. The Hall–Kier alpha value is -1.14. The highest BCUT2D eigenvalue weighted by atomic mass is 16.5. The molecule has 1 aromatic carbocycles. The summed E-state index contributed by atoms with van der Waals surface area (Å²) in [6.07, 6.45) is 0. The first-order valence-electron chi connectivity index (χ1n) is 6.28. The molecule has 0 radical (unpaired) electrons. The van der Waals surface area contributed by atoms with E-state index in [4.69, 9.17) is 20.1 Å². The number of hydrogen-bond donors (Lipinski definition) is 2. The van der Waals surface area contributed by atoms with Crippen LogP contribution in [0.3, 0.4) is 0 Å². The van der Waals surface area contributed by atoms with Gasteiger partial charge in [0.15, 0.2) is 0 Å². The molecule has 108 valence electrons. The van der Waals surface area contributed by atoms with Crippen molar-refractivity contribution >= 4 is 0 Å². The molecule has 1 unspecified atom stereocenters. The minimum Gasteiger partial charge on any atom is -0.491 e. The molecule has 0 aromatic heterocycles. The van der Waals surface area contributed by atoms with Crippen LogP contribution in [-0.4, -0.2) is 33.0 Å². The highest BCUT2D eigenvalue weighted by Gasteiger charge is 2.31. The monoisotopic (exact) mass is 268 g/mol. The van der Waals surface area contributed by atoms with E-state index in [9.17, 15) is 0 Å². The predicted molar refractivity (Wildman–Crippen MR) is 75.0 cm³/mol. The maximum Gasteiger partial charge on any atom is 0.124 e. The molecule has 1 aromatic rings. The molecule has 0 saturated carbocycles. The minimum absolute atomic E-state index is 0.170. The summed E-state index contributed by atoms with van der Waals surface area (Å²) in [5.41, 5.74) is 3.32. The van der Waals surface area contributed by atoms with Gasteiger partial charge in [0.1, 0.15) is 12.4 Å². The van der Waals surface area contributed by atoms with Gasteiger partial charge in [-0.25, -0.2) is 5.43 Å². The Morgan fingerprint density at radius 2 is 1.89 bits per heavy atom. The van der Waals surface area contributed by atoms with Gasteiger partial charge in [0.05, 0.1) is 18.2 Å². The SMILES string of the molecule is COCCOc1ccccc1C(NN)C(C)(C)OC. The van der Waals surface area contributed by atoms with Crippen molar-refractivity contribution in [2.75, 3.05) is 27.4 Å². The summed E-state index contributed by atoms with van der Waals surface area (Å²) in [4.78, 5) is 0. The van der Waals surface area contributed by atoms with Crippen molar-refractivity contribution in [3.05, 3.63) is 29.8 Å². The Bertz CT molecular complexity index is 383. The van der Waals surface area contributed by atoms with E-state index in [-0.39, 0.29) is 6.04 Å². The summed E-state index contributed by atoms with van der Waals surface area (Å²) >= 11 is 0. The van der Waals surface area contributed by atoms with Gasteiger partial charge in [0.2, 0.25) is 0 Å². The van der Waals surface area contributed by atoms with Crippen LogP contribution in [0.4, 0.5) is 0 Å². The minimum atomic E-state index is -0.449. The van der Waals surface area contributed by atoms with E-state index in [0.717, 1.165) is 11.3 Å². The fourth-order valence-corrected chi connectivity index (χ4v) is 1.87. The van der Waals surface area contributed by atoms with Crippen LogP contribution in [0.2, 0.25) is 0 Å².